The summed E-state index contributed by atoms with van der Waals surface area (Å²) in [7, 11) is 0. The molecule has 5 nitrogen and oxygen atoms in total. The minimum atomic E-state index is -0.163. The zero-order valence-electron chi connectivity index (χ0n) is 9.21. The molecule has 0 radical (unpaired) electrons. The van der Waals surface area contributed by atoms with Crippen LogP contribution in [0.5, 0.6) is 0 Å². The Balaban J connectivity index is 2.19. The van der Waals surface area contributed by atoms with Crippen LogP contribution in [0.2, 0.25) is 0 Å². The Morgan fingerprint density at radius 1 is 1.33 bits per heavy atom. The number of aromatic nitrogens is 2. The molecule has 3 aromatic rings. The van der Waals surface area contributed by atoms with E-state index in [1.54, 1.807) is 23.6 Å². The predicted molar refractivity (Wildman–Crippen MR) is 70.3 cm³/mol. The summed E-state index contributed by atoms with van der Waals surface area (Å²) in [6.07, 6.45) is 1.58. The zero-order valence-corrected chi connectivity index (χ0v) is 10.0. The maximum atomic E-state index is 11.0. The third-order valence-corrected chi connectivity index (χ3v) is 3.42. The second kappa shape index (κ2) is 4.15. The van der Waals surface area contributed by atoms with Crippen LogP contribution in [0.15, 0.2) is 45.2 Å². The van der Waals surface area contributed by atoms with Crippen molar-refractivity contribution in [2.24, 2.45) is 0 Å². The fourth-order valence-corrected chi connectivity index (χ4v) is 2.49. The summed E-state index contributed by atoms with van der Waals surface area (Å²) < 4.78 is 5.25. The second-order valence-corrected chi connectivity index (χ2v) is 4.64. The van der Waals surface area contributed by atoms with E-state index in [0.29, 0.717) is 11.6 Å². The molecule has 3 aromatic heterocycles. The van der Waals surface area contributed by atoms with Gasteiger partial charge in [0.05, 0.1) is 5.56 Å². The fraction of sp³-hybridized carbons (Fsp3) is 0. The highest BCUT2D eigenvalue weighted by molar-refractivity contribution is 7.13. The van der Waals surface area contributed by atoms with Gasteiger partial charge in [-0.2, -0.15) is 0 Å². The predicted octanol–water partition coefficient (Wildman–Crippen LogP) is 2.34. The number of H-pyrrole nitrogens is 1. The molecule has 0 unspecified atom stereocenters. The number of aromatic amines is 1. The summed E-state index contributed by atoms with van der Waals surface area (Å²) in [6.45, 7) is 0. The number of pyridine rings is 1. The van der Waals surface area contributed by atoms with Gasteiger partial charge in [0.2, 0.25) is 5.56 Å². The Hall–Kier alpha value is -2.34. The highest BCUT2D eigenvalue weighted by Gasteiger charge is 2.18. The first kappa shape index (κ1) is 10.8. The molecular weight excluding hydrogens is 250 g/mol. The monoisotopic (exact) mass is 259 g/mol. The van der Waals surface area contributed by atoms with Crippen LogP contribution in [-0.2, 0) is 0 Å². The molecule has 0 amide bonds. The van der Waals surface area contributed by atoms with Gasteiger partial charge in [-0.3, -0.25) is 4.79 Å². The lowest BCUT2D eigenvalue weighted by molar-refractivity contribution is 0.436. The number of hydrogen-bond donors (Lipinski definition) is 2. The quantitative estimate of drug-likeness (QED) is 0.739. The van der Waals surface area contributed by atoms with Crippen molar-refractivity contribution in [3.05, 3.63) is 46.2 Å². The lowest BCUT2D eigenvalue weighted by Gasteiger charge is -1.99. The summed E-state index contributed by atoms with van der Waals surface area (Å²) in [5.41, 5.74) is 7.17. The minimum absolute atomic E-state index is 0.163. The van der Waals surface area contributed by atoms with Crippen LogP contribution in [0.25, 0.3) is 21.8 Å². The smallest absolute Gasteiger partial charge is 0.247 e. The summed E-state index contributed by atoms with van der Waals surface area (Å²) in [5, 5.41) is 5.75. The van der Waals surface area contributed by atoms with Crippen molar-refractivity contribution < 1.29 is 4.52 Å². The number of hydrogen-bond acceptors (Lipinski definition) is 5. The van der Waals surface area contributed by atoms with Crippen molar-refractivity contribution in [3.63, 3.8) is 0 Å². The molecule has 3 rings (SSSR count). The van der Waals surface area contributed by atoms with Crippen molar-refractivity contribution in [3.8, 4) is 21.8 Å². The maximum Gasteiger partial charge on any atom is 0.247 e. The topological polar surface area (TPSA) is 84.9 Å². The Kier molecular flexibility index (Phi) is 2.49. The van der Waals surface area contributed by atoms with Gasteiger partial charge in [-0.25, -0.2) is 0 Å². The lowest BCUT2D eigenvalue weighted by Crippen LogP contribution is -2.01. The van der Waals surface area contributed by atoms with Gasteiger partial charge in [0.15, 0.2) is 11.6 Å². The van der Waals surface area contributed by atoms with E-state index in [1.807, 2.05) is 17.5 Å². The molecule has 0 saturated heterocycles. The molecule has 0 aliphatic rings. The molecule has 18 heavy (non-hydrogen) atoms. The first-order chi connectivity index (χ1) is 8.75. The van der Waals surface area contributed by atoms with E-state index >= 15 is 0 Å². The molecule has 0 spiro atoms. The standard InChI is InChI=1S/C12H9N3O2S/c13-12-10(8-2-1-5-18-8)11(17-15-12)7-3-4-9(16)14-6-7/h1-6H,(H2,13,15)(H,14,16). The van der Waals surface area contributed by atoms with Gasteiger partial charge >= 0.3 is 0 Å². The first-order valence-electron chi connectivity index (χ1n) is 5.24. The Labute approximate surface area is 106 Å². The molecule has 0 fully saturated rings. The molecule has 0 aromatic carbocycles. The molecule has 3 heterocycles. The molecule has 0 saturated carbocycles. The third kappa shape index (κ3) is 1.72. The van der Waals surface area contributed by atoms with Crippen LogP contribution in [0, 0.1) is 0 Å². The molecule has 90 valence electrons. The van der Waals surface area contributed by atoms with Crippen molar-refractivity contribution in [1.82, 2.24) is 10.1 Å². The van der Waals surface area contributed by atoms with Gasteiger partial charge < -0.3 is 15.2 Å². The zero-order chi connectivity index (χ0) is 12.5. The van der Waals surface area contributed by atoms with Gasteiger partial charge in [-0.15, -0.1) is 11.3 Å². The average Bonchev–Trinajstić information content (AvgIpc) is 2.99. The number of rotatable bonds is 2. The average molecular weight is 259 g/mol. The van der Waals surface area contributed by atoms with Crippen LogP contribution >= 0.6 is 11.3 Å². The van der Waals surface area contributed by atoms with Crippen LogP contribution in [0.1, 0.15) is 0 Å². The fourth-order valence-electron chi connectivity index (χ4n) is 1.71. The maximum absolute atomic E-state index is 11.0. The van der Waals surface area contributed by atoms with E-state index in [2.05, 4.69) is 10.1 Å². The van der Waals surface area contributed by atoms with Crippen molar-refractivity contribution in [1.29, 1.82) is 0 Å². The molecule has 0 bridgehead atoms. The highest BCUT2D eigenvalue weighted by atomic mass is 32.1. The van der Waals surface area contributed by atoms with Gasteiger partial charge in [0.25, 0.3) is 0 Å². The number of thiophene rings is 1. The van der Waals surface area contributed by atoms with Crippen molar-refractivity contribution in [2.75, 3.05) is 5.73 Å². The van der Waals surface area contributed by atoms with Crippen LogP contribution in [-0.4, -0.2) is 10.1 Å². The molecule has 0 atom stereocenters. The minimum Gasteiger partial charge on any atom is -0.380 e. The lowest BCUT2D eigenvalue weighted by atomic mass is 10.1. The van der Waals surface area contributed by atoms with E-state index < -0.39 is 0 Å². The van der Waals surface area contributed by atoms with Gasteiger partial charge in [-0.1, -0.05) is 11.2 Å². The molecular formula is C12H9N3O2S. The van der Waals surface area contributed by atoms with E-state index in [9.17, 15) is 4.79 Å². The summed E-state index contributed by atoms with van der Waals surface area (Å²) in [5.74, 6) is 0.907. The summed E-state index contributed by atoms with van der Waals surface area (Å²) >= 11 is 1.55. The number of nitrogen functional groups attached to an aromatic ring is 1. The summed E-state index contributed by atoms with van der Waals surface area (Å²) in [4.78, 5) is 14.6. The Bertz CT molecular complexity index is 708. The number of nitrogens with zero attached hydrogens (tertiary/aromatic N) is 1. The van der Waals surface area contributed by atoms with E-state index in [0.717, 1.165) is 16.0 Å². The number of nitrogens with two attached hydrogens (primary N) is 1. The van der Waals surface area contributed by atoms with E-state index in [-0.39, 0.29) is 5.56 Å². The molecule has 0 aliphatic carbocycles. The van der Waals surface area contributed by atoms with E-state index in [1.165, 1.54) is 6.07 Å². The van der Waals surface area contributed by atoms with Gasteiger partial charge in [0.1, 0.15) is 0 Å². The molecule has 3 N–H and O–H groups in total. The number of nitrogens with one attached hydrogen (secondary N) is 1. The second-order valence-electron chi connectivity index (χ2n) is 3.69. The van der Waals surface area contributed by atoms with Gasteiger partial charge in [-0.05, 0) is 17.5 Å². The van der Waals surface area contributed by atoms with Crippen LogP contribution in [0.4, 0.5) is 5.82 Å². The Morgan fingerprint density at radius 3 is 2.89 bits per heavy atom. The first-order valence-corrected chi connectivity index (χ1v) is 6.12. The van der Waals surface area contributed by atoms with Crippen molar-refractivity contribution >= 4 is 17.2 Å². The molecule has 6 heteroatoms. The third-order valence-electron chi connectivity index (χ3n) is 2.53. The molecule has 0 aliphatic heterocycles. The highest BCUT2D eigenvalue weighted by Crippen LogP contribution is 2.38. The van der Waals surface area contributed by atoms with Gasteiger partial charge in [0, 0.05) is 22.7 Å². The number of anilines is 1. The van der Waals surface area contributed by atoms with Crippen LogP contribution in [0.3, 0.4) is 0 Å². The summed E-state index contributed by atoms with van der Waals surface area (Å²) in [6, 6.07) is 6.99. The van der Waals surface area contributed by atoms with Crippen molar-refractivity contribution in [2.45, 2.75) is 0 Å². The van der Waals surface area contributed by atoms with E-state index in [4.69, 9.17) is 10.3 Å². The van der Waals surface area contributed by atoms with Crippen LogP contribution < -0.4 is 11.3 Å². The largest absolute Gasteiger partial charge is 0.380 e. The Morgan fingerprint density at radius 2 is 2.22 bits per heavy atom. The SMILES string of the molecule is Nc1noc(-c2ccc(=O)[nH]c2)c1-c1cccs1. The normalized spacial score (nSPS) is 10.7.